The van der Waals surface area contributed by atoms with Gasteiger partial charge in [0.2, 0.25) is 0 Å². The number of rotatable bonds is 0. The van der Waals surface area contributed by atoms with Gasteiger partial charge in [-0.3, -0.25) is 0 Å². The Balaban J connectivity index is 0. The van der Waals surface area contributed by atoms with Crippen LogP contribution < -0.4 is 5.11 Å². The van der Waals surface area contributed by atoms with Gasteiger partial charge >= 0.3 is 0 Å². The molecule has 0 bridgehead atoms. The van der Waals surface area contributed by atoms with Gasteiger partial charge in [0.1, 0.15) is 0 Å². The van der Waals surface area contributed by atoms with Crippen molar-refractivity contribution in [3.05, 3.63) is 0 Å². The molecule has 3 heteroatoms. The summed E-state index contributed by atoms with van der Waals surface area (Å²) >= 11 is 0. The maximum absolute atomic E-state index is 8.89. The van der Waals surface area contributed by atoms with E-state index in [1.165, 1.54) is 0 Å². The zero-order valence-electron chi connectivity index (χ0n) is 2.82. The van der Waals surface area contributed by atoms with Gasteiger partial charge in [-0.05, 0) is 6.92 Å². The van der Waals surface area contributed by atoms with Crippen LogP contribution >= 0.6 is 0 Å². The van der Waals surface area contributed by atoms with Gasteiger partial charge in [-0.1, -0.05) is 0 Å². The number of hydrogen-bond donors (Lipinski definition) is 0. The molecule has 0 aromatic carbocycles. The van der Waals surface area contributed by atoms with E-state index in [2.05, 4.69) is 0 Å². The molecule has 0 rings (SSSR count). The van der Waals surface area contributed by atoms with Crippen LogP contribution in [0.5, 0.6) is 0 Å². The summed E-state index contributed by atoms with van der Waals surface area (Å²) in [5, 5.41) is 8.89. The third-order valence-corrected chi connectivity index (χ3v) is 0. The molecule has 0 aromatic rings. The van der Waals surface area contributed by atoms with Crippen LogP contribution in [-0.4, -0.2) is 33.3 Å². The van der Waals surface area contributed by atoms with Gasteiger partial charge in [-0.25, -0.2) is 0 Å². The monoisotopic (exact) mass is 267 g/mol. The molecular formula is C2H3O2Pb-. The van der Waals surface area contributed by atoms with Crippen LogP contribution in [0.15, 0.2) is 0 Å². The number of hydrogen-bond acceptors (Lipinski definition) is 2. The minimum atomic E-state index is -1.08. The summed E-state index contributed by atoms with van der Waals surface area (Å²) in [7, 11) is 0. The van der Waals surface area contributed by atoms with Gasteiger partial charge in [-0.2, -0.15) is 0 Å². The van der Waals surface area contributed by atoms with E-state index in [1.807, 2.05) is 0 Å². The van der Waals surface area contributed by atoms with Gasteiger partial charge < -0.3 is 9.90 Å². The molecule has 0 amide bonds. The normalized spacial score (nSPS) is 5.00. The molecule has 0 N–H and O–H groups in total. The van der Waals surface area contributed by atoms with Crippen LogP contribution in [-0.2, 0) is 4.79 Å². The van der Waals surface area contributed by atoms with Crippen molar-refractivity contribution < 1.29 is 9.90 Å². The number of carbonyl (C=O) groups excluding carboxylic acids is 1. The smallest absolute Gasteiger partial charge is 0.0383 e. The average Bonchev–Trinajstić information content (AvgIpc) is 0.811. The van der Waals surface area contributed by atoms with Crippen molar-refractivity contribution in [1.29, 1.82) is 0 Å². The summed E-state index contributed by atoms with van der Waals surface area (Å²) in [6.45, 7) is 0.972. The fourth-order valence-corrected chi connectivity index (χ4v) is 0. The van der Waals surface area contributed by atoms with Crippen molar-refractivity contribution in [2.75, 3.05) is 0 Å². The second-order valence-electron chi connectivity index (χ2n) is 0.492. The first kappa shape index (κ1) is 9.04. The summed E-state index contributed by atoms with van der Waals surface area (Å²) in [5.41, 5.74) is 0. The van der Waals surface area contributed by atoms with E-state index in [4.69, 9.17) is 9.90 Å². The molecule has 0 atom stereocenters. The summed E-state index contributed by atoms with van der Waals surface area (Å²) in [5.74, 6) is -1.08. The molecular weight excluding hydrogens is 263 g/mol. The molecule has 4 radical (unpaired) electrons. The molecule has 2 nitrogen and oxygen atoms in total. The molecule has 0 aliphatic heterocycles. The average molecular weight is 266 g/mol. The minimum absolute atomic E-state index is 0. The predicted molar refractivity (Wildman–Crippen MR) is 16.4 cm³/mol. The van der Waals surface area contributed by atoms with Crippen molar-refractivity contribution in [1.82, 2.24) is 0 Å². The summed E-state index contributed by atoms with van der Waals surface area (Å²) in [4.78, 5) is 8.89. The Morgan fingerprint density at radius 2 is 1.80 bits per heavy atom. The van der Waals surface area contributed by atoms with E-state index in [1.54, 1.807) is 0 Å². The molecule has 0 saturated carbocycles. The minimum Gasteiger partial charge on any atom is -0.550 e. The molecule has 5 heavy (non-hydrogen) atoms. The number of carboxylic acid groups (broad SMARTS) is 1. The third-order valence-electron chi connectivity index (χ3n) is 0. The van der Waals surface area contributed by atoms with Crippen molar-refractivity contribution >= 4 is 33.3 Å². The first-order valence-electron chi connectivity index (χ1n) is 0.908. The Morgan fingerprint density at radius 1 is 1.80 bits per heavy atom. The Bertz CT molecular complexity index is 30.6. The second-order valence-corrected chi connectivity index (χ2v) is 0.492. The molecule has 0 heterocycles. The molecule has 0 fully saturated rings. The third kappa shape index (κ3) is 163. The van der Waals surface area contributed by atoms with Crippen LogP contribution in [0.3, 0.4) is 0 Å². The molecule has 28 valence electrons. The number of carbonyl (C=O) groups is 1. The Hall–Kier alpha value is 0.392. The van der Waals surface area contributed by atoms with E-state index in [9.17, 15) is 0 Å². The van der Waals surface area contributed by atoms with Crippen LogP contribution in [0.25, 0.3) is 0 Å². The van der Waals surface area contributed by atoms with E-state index in [0.717, 1.165) is 6.92 Å². The largest absolute Gasteiger partial charge is 0.550 e. The molecule has 0 aliphatic carbocycles. The van der Waals surface area contributed by atoms with E-state index in [0.29, 0.717) is 0 Å². The maximum Gasteiger partial charge on any atom is 0.0383 e. The van der Waals surface area contributed by atoms with E-state index < -0.39 is 5.97 Å². The summed E-state index contributed by atoms with van der Waals surface area (Å²) in [6.07, 6.45) is 0. The van der Waals surface area contributed by atoms with Crippen LogP contribution in [0, 0.1) is 0 Å². The fourth-order valence-electron chi connectivity index (χ4n) is 0. The molecule has 0 aliphatic rings. The SMILES string of the molecule is CC(=O)[O-].[Pb]. The van der Waals surface area contributed by atoms with Crippen LogP contribution in [0.4, 0.5) is 0 Å². The molecule has 0 unspecified atom stereocenters. The topological polar surface area (TPSA) is 40.1 Å². The Morgan fingerprint density at radius 3 is 1.80 bits per heavy atom. The van der Waals surface area contributed by atoms with Crippen LogP contribution in [0.2, 0.25) is 0 Å². The number of aliphatic carboxylic acids is 1. The number of carboxylic acids is 1. The van der Waals surface area contributed by atoms with E-state index >= 15 is 0 Å². The van der Waals surface area contributed by atoms with Crippen molar-refractivity contribution in [2.24, 2.45) is 0 Å². The zero-order chi connectivity index (χ0) is 3.58. The van der Waals surface area contributed by atoms with Gasteiger partial charge in [-0.15, -0.1) is 0 Å². The molecule has 0 spiro atoms. The molecule has 0 aromatic heterocycles. The predicted octanol–water partition coefficient (Wildman–Crippen LogP) is -1.62. The quantitative estimate of drug-likeness (QED) is 0.494. The standard InChI is InChI=1S/C2H4O2.Pb/c1-2(3)4;/h1H3,(H,3,4);/p-1. The van der Waals surface area contributed by atoms with Crippen molar-refractivity contribution in [2.45, 2.75) is 6.92 Å². The Kier molecular flexibility index (Phi) is 7.94. The molecule has 0 saturated heterocycles. The Labute approximate surface area is 50.3 Å². The maximum atomic E-state index is 8.89. The summed E-state index contributed by atoms with van der Waals surface area (Å²) < 4.78 is 0. The fraction of sp³-hybridized carbons (Fsp3) is 0.500. The van der Waals surface area contributed by atoms with Crippen LogP contribution in [0.1, 0.15) is 6.92 Å². The first-order valence-corrected chi connectivity index (χ1v) is 0.908. The second kappa shape index (κ2) is 4.39. The van der Waals surface area contributed by atoms with Crippen molar-refractivity contribution in [3.8, 4) is 0 Å². The van der Waals surface area contributed by atoms with Gasteiger partial charge in [0, 0.05) is 33.3 Å². The van der Waals surface area contributed by atoms with E-state index in [-0.39, 0.29) is 27.3 Å². The van der Waals surface area contributed by atoms with Gasteiger partial charge in [0.15, 0.2) is 0 Å². The van der Waals surface area contributed by atoms with Gasteiger partial charge in [0.05, 0.1) is 0 Å². The first-order chi connectivity index (χ1) is 1.73. The summed E-state index contributed by atoms with van der Waals surface area (Å²) in [6, 6.07) is 0. The van der Waals surface area contributed by atoms with Gasteiger partial charge in [0.25, 0.3) is 0 Å². The zero-order valence-corrected chi connectivity index (χ0v) is 6.70. The van der Waals surface area contributed by atoms with Crippen molar-refractivity contribution in [3.63, 3.8) is 0 Å².